The van der Waals surface area contributed by atoms with Gasteiger partial charge in [0.15, 0.2) is 0 Å². The summed E-state index contributed by atoms with van der Waals surface area (Å²) in [4.78, 5) is 53.5. The van der Waals surface area contributed by atoms with Gasteiger partial charge in [-0.3, -0.25) is 14.4 Å². The molecule has 0 fully saturated rings. The lowest BCUT2D eigenvalue weighted by molar-refractivity contribution is -0.116. The number of hydrogen-bond donors (Lipinski definition) is 3. The van der Waals surface area contributed by atoms with Crippen LogP contribution >= 0.6 is 11.8 Å². The number of ether oxygens (including phenoxy) is 1. The van der Waals surface area contributed by atoms with Gasteiger partial charge in [-0.25, -0.2) is 4.79 Å². The fourth-order valence-corrected chi connectivity index (χ4v) is 6.03. The van der Waals surface area contributed by atoms with Gasteiger partial charge in [-0.2, -0.15) is 0 Å². The first-order valence-corrected chi connectivity index (χ1v) is 17.5. The van der Waals surface area contributed by atoms with Crippen molar-refractivity contribution < 1.29 is 23.9 Å². The van der Waals surface area contributed by atoms with Crippen LogP contribution in [0.15, 0.2) is 144 Å². The third-order valence-corrected chi connectivity index (χ3v) is 8.97. The molecule has 0 heterocycles. The van der Waals surface area contributed by atoms with Crippen LogP contribution in [0.4, 0.5) is 11.4 Å². The van der Waals surface area contributed by atoms with E-state index >= 15 is 0 Å². The van der Waals surface area contributed by atoms with Gasteiger partial charge in [-0.15, -0.1) is 11.8 Å². The molecule has 5 rings (SSSR count). The normalized spacial score (nSPS) is 11.6. The lowest BCUT2D eigenvalue weighted by atomic mass is 10.1. The number of thioether (sulfide) groups is 1. The third-order valence-electron chi connectivity index (χ3n) is 7.72. The summed E-state index contributed by atoms with van der Waals surface area (Å²) in [6, 6.07) is 39.5. The standard InChI is InChI=1S/C42H39N3O5S/c1-3-4-26-50-42(49)33-22-24-34(25-23-33)43-41(48)38(31-12-7-5-8-13-31)51-36-17-11-16-35(28-36)44-40(47)37(27-30-20-18-29(2)19-21-30)45-39(46)32-14-9-6-10-15-32/h5-25,27-28,38H,3-4,26H2,1-2H3,(H,43,48)(H,44,47)(H,45,46)/b37-27-. The van der Waals surface area contributed by atoms with Gasteiger partial charge in [0.2, 0.25) is 5.91 Å². The molecule has 1 atom stereocenters. The minimum absolute atomic E-state index is 0.0764. The second-order valence-corrected chi connectivity index (χ2v) is 12.9. The number of benzene rings is 5. The largest absolute Gasteiger partial charge is 0.462 e. The van der Waals surface area contributed by atoms with Crippen molar-refractivity contribution in [2.24, 2.45) is 0 Å². The topological polar surface area (TPSA) is 114 Å². The third kappa shape index (κ3) is 10.8. The van der Waals surface area contributed by atoms with Gasteiger partial charge in [0.1, 0.15) is 10.9 Å². The minimum atomic E-state index is -0.641. The molecule has 0 aromatic heterocycles. The number of carbonyl (C=O) groups excluding carboxylic acids is 4. The van der Waals surface area contributed by atoms with E-state index in [1.807, 2.05) is 80.6 Å². The van der Waals surface area contributed by atoms with E-state index < -0.39 is 23.0 Å². The van der Waals surface area contributed by atoms with Crippen LogP contribution in [-0.2, 0) is 14.3 Å². The summed E-state index contributed by atoms with van der Waals surface area (Å²) in [7, 11) is 0. The summed E-state index contributed by atoms with van der Waals surface area (Å²) in [5.41, 5.74) is 4.55. The Morgan fingerprint density at radius 2 is 1.41 bits per heavy atom. The fourth-order valence-electron chi connectivity index (χ4n) is 4.94. The van der Waals surface area contributed by atoms with E-state index in [0.29, 0.717) is 29.1 Å². The molecule has 0 aliphatic heterocycles. The molecular weight excluding hydrogens is 659 g/mol. The van der Waals surface area contributed by atoms with Crippen molar-refractivity contribution in [3.05, 3.63) is 167 Å². The van der Waals surface area contributed by atoms with Crippen molar-refractivity contribution in [3.63, 3.8) is 0 Å². The highest BCUT2D eigenvalue weighted by molar-refractivity contribution is 8.00. The van der Waals surface area contributed by atoms with Gasteiger partial charge in [0, 0.05) is 21.8 Å². The quantitative estimate of drug-likeness (QED) is 0.0463. The number of aryl methyl sites for hydroxylation is 1. The van der Waals surface area contributed by atoms with Crippen molar-refractivity contribution in [2.45, 2.75) is 36.8 Å². The maximum atomic E-state index is 13.7. The summed E-state index contributed by atoms with van der Waals surface area (Å²) < 4.78 is 5.29. The number of unbranched alkanes of at least 4 members (excludes halogenated alkanes) is 1. The second kappa shape index (κ2) is 18.2. The summed E-state index contributed by atoms with van der Waals surface area (Å²) >= 11 is 1.33. The number of esters is 1. The average molecular weight is 698 g/mol. The van der Waals surface area contributed by atoms with E-state index in [4.69, 9.17) is 4.74 Å². The molecule has 0 saturated carbocycles. The Kier molecular flexibility index (Phi) is 13.0. The predicted octanol–water partition coefficient (Wildman–Crippen LogP) is 8.83. The van der Waals surface area contributed by atoms with Gasteiger partial charge in [-0.1, -0.05) is 97.8 Å². The van der Waals surface area contributed by atoms with Crippen molar-refractivity contribution in [1.82, 2.24) is 5.32 Å². The molecule has 0 saturated heterocycles. The van der Waals surface area contributed by atoms with Gasteiger partial charge in [0.05, 0.1) is 12.2 Å². The van der Waals surface area contributed by atoms with E-state index in [1.54, 1.807) is 72.8 Å². The van der Waals surface area contributed by atoms with Gasteiger partial charge >= 0.3 is 5.97 Å². The lowest BCUT2D eigenvalue weighted by Gasteiger charge is -2.18. The molecule has 9 heteroatoms. The molecule has 258 valence electrons. The summed E-state index contributed by atoms with van der Waals surface area (Å²) in [5.74, 6) is -1.57. The zero-order valence-electron chi connectivity index (χ0n) is 28.4. The van der Waals surface area contributed by atoms with Crippen LogP contribution in [0.3, 0.4) is 0 Å². The lowest BCUT2D eigenvalue weighted by Crippen LogP contribution is -2.30. The Morgan fingerprint density at radius 3 is 2.10 bits per heavy atom. The van der Waals surface area contributed by atoms with Crippen LogP contribution in [0.2, 0.25) is 0 Å². The van der Waals surface area contributed by atoms with E-state index in [0.717, 1.165) is 34.4 Å². The molecule has 5 aromatic rings. The summed E-state index contributed by atoms with van der Waals surface area (Å²) in [6.45, 7) is 4.37. The van der Waals surface area contributed by atoms with E-state index in [-0.39, 0.29) is 11.6 Å². The summed E-state index contributed by atoms with van der Waals surface area (Å²) in [6.07, 6.45) is 3.36. The SMILES string of the molecule is CCCCOC(=O)c1ccc(NC(=O)C(Sc2cccc(NC(=O)/C(=C/c3ccc(C)cc3)NC(=O)c3ccccc3)c2)c2ccccc2)cc1. The van der Waals surface area contributed by atoms with Crippen molar-refractivity contribution in [3.8, 4) is 0 Å². The average Bonchev–Trinajstić information content (AvgIpc) is 3.15. The number of hydrogen-bond acceptors (Lipinski definition) is 6. The predicted molar refractivity (Wildman–Crippen MR) is 203 cm³/mol. The van der Waals surface area contributed by atoms with Crippen LogP contribution in [-0.4, -0.2) is 30.3 Å². The molecule has 0 aliphatic rings. The van der Waals surface area contributed by atoms with E-state index in [1.165, 1.54) is 11.8 Å². The highest BCUT2D eigenvalue weighted by atomic mass is 32.2. The monoisotopic (exact) mass is 697 g/mol. The molecule has 0 radical (unpaired) electrons. The fraction of sp³-hybridized carbons (Fsp3) is 0.143. The van der Waals surface area contributed by atoms with Crippen LogP contribution in [0, 0.1) is 6.92 Å². The van der Waals surface area contributed by atoms with Crippen LogP contribution < -0.4 is 16.0 Å². The zero-order valence-corrected chi connectivity index (χ0v) is 29.2. The van der Waals surface area contributed by atoms with E-state index in [9.17, 15) is 19.2 Å². The highest BCUT2D eigenvalue weighted by Gasteiger charge is 2.23. The number of amides is 3. The maximum absolute atomic E-state index is 13.7. The molecule has 0 bridgehead atoms. The van der Waals surface area contributed by atoms with Crippen LogP contribution in [0.25, 0.3) is 6.08 Å². The van der Waals surface area contributed by atoms with E-state index in [2.05, 4.69) is 16.0 Å². The molecule has 0 spiro atoms. The number of anilines is 2. The Hall–Kier alpha value is -5.93. The molecule has 0 aliphatic carbocycles. The Balaban J connectivity index is 1.32. The van der Waals surface area contributed by atoms with Crippen LogP contribution in [0.5, 0.6) is 0 Å². The molecule has 3 amide bonds. The highest BCUT2D eigenvalue weighted by Crippen LogP contribution is 2.37. The molecule has 5 aromatic carbocycles. The zero-order chi connectivity index (χ0) is 36.0. The minimum Gasteiger partial charge on any atom is -0.462 e. The smallest absolute Gasteiger partial charge is 0.338 e. The van der Waals surface area contributed by atoms with Gasteiger partial charge in [-0.05, 0) is 85.1 Å². The molecule has 51 heavy (non-hydrogen) atoms. The first-order chi connectivity index (χ1) is 24.8. The Morgan fingerprint density at radius 1 is 0.725 bits per heavy atom. The molecule has 3 N–H and O–H groups in total. The van der Waals surface area contributed by atoms with Gasteiger partial charge in [0.25, 0.3) is 11.8 Å². The maximum Gasteiger partial charge on any atom is 0.338 e. The van der Waals surface area contributed by atoms with Crippen LogP contribution in [0.1, 0.15) is 62.4 Å². The Bertz CT molecular complexity index is 1980. The summed E-state index contributed by atoms with van der Waals surface area (Å²) in [5, 5.41) is 8.01. The van der Waals surface area contributed by atoms with Crippen molar-refractivity contribution in [2.75, 3.05) is 17.2 Å². The van der Waals surface area contributed by atoms with Crippen molar-refractivity contribution >= 4 is 52.9 Å². The number of rotatable bonds is 14. The first-order valence-electron chi connectivity index (χ1n) is 16.6. The molecule has 1 unspecified atom stereocenters. The second-order valence-electron chi connectivity index (χ2n) is 11.7. The van der Waals surface area contributed by atoms with Crippen molar-refractivity contribution in [1.29, 1.82) is 0 Å². The first kappa shape index (κ1) is 36.4. The number of nitrogens with one attached hydrogen (secondary N) is 3. The Labute approximate surface area is 302 Å². The molecular formula is C42H39N3O5S. The molecule has 8 nitrogen and oxygen atoms in total. The van der Waals surface area contributed by atoms with Gasteiger partial charge < -0.3 is 20.7 Å². The number of carbonyl (C=O) groups is 4.